The number of rotatable bonds is 7. The van der Waals surface area contributed by atoms with Gasteiger partial charge in [-0.3, -0.25) is 4.90 Å². The van der Waals surface area contributed by atoms with E-state index in [-0.39, 0.29) is 0 Å². The normalized spacial score (nSPS) is 13.2. The highest BCUT2D eigenvalue weighted by Gasteiger charge is 2.17. The number of nitrogens with zero attached hydrogens (tertiary/aromatic N) is 1. The van der Waals surface area contributed by atoms with Crippen LogP contribution in [-0.4, -0.2) is 37.0 Å². The van der Waals surface area contributed by atoms with Gasteiger partial charge in [0.1, 0.15) is 11.3 Å². The molecule has 1 atom stereocenters. The van der Waals surface area contributed by atoms with Crippen LogP contribution in [0.5, 0.6) is 0 Å². The summed E-state index contributed by atoms with van der Waals surface area (Å²) in [5, 5.41) is 4.43. The van der Waals surface area contributed by atoms with Crippen LogP contribution in [-0.2, 0) is 13.1 Å². The zero-order valence-corrected chi connectivity index (χ0v) is 13.6. The van der Waals surface area contributed by atoms with Crippen molar-refractivity contribution in [1.29, 1.82) is 0 Å². The zero-order valence-electron chi connectivity index (χ0n) is 12.8. The summed E-state index contributed by atoms with van der Waals surface area (Å²) in [7, 11) is 4.14. The lowest BCUT2D eigenvalue weighted by molar-refractivity contribution is 0.268. The van der Waals surface area contributed by atoms with Crippen molar-refractivity contribution in [1.82, 2.24) is 10.2 Å². The largest absolute Gasteiger partial charge is 0.459 e. The van der Waals surface area contributed by atoms with E-state index in [1.807, 2.05) is 30.9 Å². The van der Waals surface area contributed by atoms with Crippen molar-refractivity contribution in [2.24, 2.45) is 0 Å². The minimum Gasteiger partial charge on any atom is -0.459 e. The summed E-state index contributed by atoms with van der Waals surface area (Å²) >= 11 is 1.89. The molecule has 0 radical (unpaired) electrons. The quantitative estimate of drug-likeness (QED) is 0.847. The molecule has 1 aromatic heterocycles. The van der Waals surface area contributed by atoms with E-state index in [1.165, 1.54) is 10.9 Å². The molecule has 1 heterocycles. The maximum absolute atomic E-state index is 5.99. The first-order valence-electron chi connectivity index (χ1n) is 7.00. The number of thioether (sulfide) groups is 1. The topological polar surface area (TPSA) is 28.4 Å². The van der Waals surface area contributed by atoms with E-state index >= 15 is 0 Å². The SMILES string of the molecule is CNCc1oc2ccccc2c1CN(C)C(C)CSC. The number of furan rings is 1. The van der Waals surface area contributed by atoms with Crippen LogP contribution in [0, 0.1) is 0 Å². The Morgan fingerprint density at radius 3 is 2.80 bits per heavy atom. The molecule has 0 saturated carbocycles. The first kappa shape index (κ1) is 15.4. The summed E-state index contributed by atoms with van der Waals surface area (Å²) in [6.07, 6.45) is 2.16. The maximum atomic E-state index is 5.99. The molecule has 0 spiro atoms. The smallest absolute Gasteiger partial charge is 0.134 e. The molecule has 3 nitrogen and oxygen atoms in total. The average molecular weight is 292 g/mol. The molecule has 1 N–H and O–H groups in total. The van der Waals surface area contributed by atoms with E-state index in [4.69, 9.17) is 4.42 Å². The highest BCUT2D eigenvalue weighted by atomic mass is 32.2. The molecule has 20 heavy (non-hydrogen) atoms. The van der Waals surface area contributed by atoms with Crippen LogP contribution in [0.15, 0.2) is 28.7 Å². The van der Waals surface area contributed by atoms with Crippen LogP contribution in [0.25, 0.3) is 11.0 Å². The Kier molecular flexibility index (Phi) is 5.52. The first-order chi connectivity index (χ1) is 9.67. The van der Waals surface area contributed by atoms with Crippen molar-refractivity contribution < 1.29 is 4.42 Å². The van der Waals surface area contributed by atoms with E-state index in [0.29, 0.717) is 6.04 Å². The molecule has 4 heteroatoms. The third kappa shape index (κ3) is 3.37. The van der Waals surface area contributed by atoms with Crippen molar-refractivity contribution in [2.75, 3.05) is 26.1 Å². The lowest BCUT2D eigenvalue weighted by Gasteiger charge is -2.24. The van der Waals surface area contributed by atoms with E-state index < -0.39 is 0 Å². The first-order valence-corrected chi connectivity index (χ1v) is 8.39. The van der Waals surface area contributed by atoms with E-state index in [9.17, 15) is 0 Å². The van der Waals surface area contributed by atoms with Gasteiger partial charge in [-0.1, -0.05) is 18.2 Å². The van der Waals surface area contributed by atoms with Gasteiger partial charge >= 0.3 is 0 Å². The molecule has 0 aliphatic heterocycles. The molecular weight excluding hydrogens is 268 g/mol. The maximum Gasteiger partial charge on any atom is 0.134 e. The fraction of sp³-hybridized carbons (Fsp3) is 0.500. The second-order valence-electron chi connectivity index (χ2n) is 5.25. The van der Waals surface area contributed by atoms with E-state index in [1.54, 1.807) is 0 Å². The van der Waals surface area contributed by atoms with Gasteiger partial charge in [-0.2, -0.15) is 11.8 Å². The van der Waals surface area contributed by atoms with Gasteiger partial charge in [0.25, 0.3) is 0 Å². The van der Waals surface area contributed by atoms with E-state index in [2.05, 4.69) is 42.6 Å². The summed E-state index contributed by atoms with van der Waals surface area (Å²) in [5.41, 5.74) is 2.30. The average Bonchev–Trinajstić information content (AvgIpc) is 2.78. The minimum absolute atomic E-state index is 0.557. The Bertz CT molecular complexity index is 552. The van der Waals surface area contributed by atoms with Crippen LogP contribution in [0.2, 0.25) is 0 Å². The summed E-state index contributed by atoms with van der Waals surface area (Å²) in [6, 6.07) is 8.86. The van der Waals surface area contributed by atoms with Gasteiger partial charge in [-0.25, -0.2) is 0 Å². The number of hydrogen-bond donors (Lipinski definition) is 1. The molecule has 110 valence electrons. The number of fused-ring (bicyclic) bond motifs is 1. The lowest BCUT2D eigenvalue weighted by atomic mass is 10.1. The van der Waals surface area contributed by atoms with Gasteiger partial charge in [0.05, 0.1) is 6.54 Å². The molecule has 0 amide bonds. The predicted octanol–water partition coefficient (Wildman–Crippen LogP) is 3.34. The molecule has 2 aromatic rings. The van der Waals surface area contributed by atoms with Crippen LogP contribution in [0.4, 0.5) is 0 Å². The van der Waals surface area contributed by atoms with Crippen LogP contribution < -0.4 is 5.32 Å². The summed E-state index contributed by atoms with van der Waals surface area (Å²) in [6.45, 7) is 3.97. The Morgan fingerprint density at radius 1 is 1.35 bits per heavy atom. The third-order valence-electron chi connectivity index (χ3n) is 3.69. The lowest BCUT2D eigenvalue weighted by Crippen LogP contribution is -2.30. The second-order valence-corrected chi connectivity index (χ2v) is 6.16. The highest BCUT2D eigenvalue weighted by Crippen LogP contribution is 2.27. The fourth-order valence-corrected chi connectivity index (χ4v) is 3.14. The van der Waals surface area contributed by atoms with Crippen molar-refractivity contribution in [3.63, 3.8) is 0 Å². The monoisotopic (exact) mass is 292 g/mol. The molecule has 0 saturated heterocycles. The number of hydrogen-bond acceptors (Lipinski definition) is 4. The van der Waals surface area contributed by atoms with Gasteiger partial charge in [0, 0.05) is 29.3 Å². The summed E-state index contributed by atoms with van der Waals surface area (Å²) in [4.78, 5) is 2.40. The molecule has 0 aliphatic carbocycles. The molecule has 1 aromatic carbocycles. The van der Waals surface area contributed by atoms with Gasteiger partial charge < -0.3 is 9.73 Å². The zero-order chi connectivity index (χ0) is 14.5. The Labute approximate surface area is 125 Å². The fourth-order valence-electron chi connectivity index (χ4n) is 2.40. The van der Waals surface area contributed by atoms with Crippen molar-refractivity contribution >= 4 is 22.7 Å². The number of nitrogens with one attached hydrogen (secondary N) is 1. The Hall–Kier alpha value is -0.970. The van der Waals surface area contributed by atoms with Crippen molar-refractivity contribution in [3.05, 3.63) is 35.6 Å². The van der Waals surface area contributed by atoms with Gasteiger partial charge in [-0.05, 0) is 33.3 Å². The third-order valence-corrected chi connectivity index (χ3v) is 4.50. The summed E-state index contributed by atoms with van der Waals surface area (Å²) in [5.74, 6) is 2.20. The number of benzene rings is 1. The number of para-hydroxylation sites is 1. The molecular formula is C16H24N2OS. The predicted molar refractivity (Wildman–Crippen MR) is 88.3 cm³/mol. The van der Waals surface area contributed by atoms with Crippen LogP contribution in [0.1, 0.15) is 18.2 Å². The van der Waals surface area contributed by atoms with Gasteiger partial charge in [0.2, 0.25) is 0 Å². The minimum atomic E-state index is 0.557. The van der Waals surface area contributed by atoms with Crippen molar-refractivity contribution in [2.45, 2.75) is 26.1 Å². The van der Waals surface area contributed by atoms with Gasteiger partial charge in [-0.15, -0.1) is 0 Å². The molecule has 2 rings (SSSR count). The van der Waals surface area contributed by atoms with E-state index in [0.717, 1.165) is 30.2 Å². The standard InChI is InChI=1S/C16H24N2OS/c1-12(11-20-4)18(3)10-14-13-7-5-6-8-15(13)19-16(14)9-17-2/h5-8,12,17H,9-11H2,1-4H3. The molecule has 0 fully saturated rings. The summed E-state index contributed by atoms with van der Waals surface area (Å²) < 4.78 is 5.99. The molecule has 0 aliphatic rings. The molecule has 0 bridgehead atoms. The Balaban J connectivity index is 2.29. The highest BCUT2D eigenvalue weighted by molar-refractivity contribution is 7.98. The Morgan fingerprint density at radius 2 is 2.10 bits per heavy atom. The van der Waals surface area contributed by atoms with Crippen LogP contribution >= 0.6 is 11.8 Å². The molecule has 1 unspecified atom stereocenters. The van der Waals surface area contributed by atoms with Gasteiger partial charge in [0.15, 0.2) is 0 Å². The van der Waals surface area contributed by atoms with Crippen LogP contribution in [0.3, 0.4) is 0 Å². The second kappa shape index (κ2) is 7.16. The van der Waals surface area contributed by atoms with Crippen molar-refractivity contribution in [3.8, 4) is 0 Å².